The molecule has 0 spiro atoms. The predicted molar refractivity (Wildman–Crippen MR) is 128 cm³/mol. The normalized spacial score (nSPS) is 11.8. The van der Waals surface area contributed by atoms with Gasteiger partial charge in [-0.15, -0.1) is 0 Å². The fraction of sp³-hybridized carbons (Fsp3) is 0.727. The van der Waals surface area contributed by atoms with E-state index in [1.807, 2.05) is 0 Å². The lowest BCUT2D eigenvalue weighted by atomic mass is 10.2. The second-order valence-electron chi connectivity index (χ2n) is 10.4. The number of carbonyl (C=O) groups is 2. The van der Waals surface area contributed by atoms with Gasteiger partial charge in [-0.05, 0) is 24.9 Å². The van der Waals surface area contributed by atoms with Crippen LogP contribution in [0.3, 0.4) is 0 Å². The quantitative estimate of drug-likeness (QED) is 0.211. The van der Waals surface area contributed by atoms with Crippen LogP contribution >= 0.6 is 0 Å². The number of amides is 2. The molecule has 0 unspecified atom stereocenters. The summed E-state index contributed by atoms with van der Waals surface area (Å²) in [6, 6.07) is 2.02. The minimum absolute atomic E-state index is 0.0917. The monoisotopic (exact) mass is 424 g/mol. The van der Waals surface area contributed by atoms with Crippen molar-refractivity contribution in [2.45, 2.75) is 89.9 Å². The van der Waals surface area contributed by atoms with Gasteiger partial charge in [0.25, 0.3) is 0 Å². The molecule has 0 rings (SSSR count). The van der Waals surface area contributed by atoms with E-state index in [9.17, 15) is 9.59 Å². The highest BCUT2D eigenvalue weighted by molar-refractivity contribution is 6.77. The Hall–Kier alpha value is -1.15. The molecule has 28 heavy (non-hydrogen) atoms. The minimum atomic E-state index is -1.18. The van der Waals surface area contributed by atoms with Gasteiger partial charge in [0.15, 0.2) is 0 Å². The maximum absolute atomic E-state index is 11.9. The van der Waals surface area contributed by atoms with E-state index >= 15 is 0 Å². The van der Waals surface area contributed by atoms with Crippen molar-refractivity contribution in [3.63, 3.8) is 0 Å². The third kappa shape index (κ3) is 18.2. The first-order valence-electron chi connectivity index (χ1n) is 10.7. The van der Waals surface area contributed by atoms with Crippen LogP contribution in [0.25, 0.3) is 0 Å². The van der Waals surface area contributed by atoms with E-state index in [-0.39, 0.29) is 11.8 Å². The molecule has 0 aromatic rings. The third-order valence-corrected chi connectivity index (χ3v) is 7.25. The molecule has 0 aliphatic rings. The standard InChI is InChI=1S/C22H44N2O2Si2/c1-19(17-27(3,4)5)15-21(25)23-13-11-9-10-12-14-24-22(26)16-20(2)18-28(6,7)8/h1-2,9-18H2,3-8H3,(H,23,25)(H,24,26). The summed E-state index contributed by atoms with van der Waals surface area (Å²) in [4.78, 5) is 23.8. The van der Waals surface area contributed by atoms with Crippen LogP contribution in [0.2, 0.25) is 51.4 Å². The Bertz CT molecular complexity index is 484. The maximum Gasteiger partial charge on any atom is 0.224 e. The molecule has 0 saturated heterocycles. The zero-order valence-electron chi connectivity index (χ0n) is 19.3. The molecule has 162 valence electrons. The summed E-state index contributed by atoms with van der Waals surface area (Å²) in [7, 11) is -2.37. The smallest absolute Gasteiger partial charge is 0.224 e. The molecule has 0 aromatic carbocycles. The van der Waals surface area contributed by atoms with Gasteiger partial charge < -0.3 is 10.6 Å². The molecule has 0 radical (unpaired) electrons. The lowest BCUT2D eigenvalue weighted by molar-refractivity contribution is -0.121. The zero-order valence-corrected chi connectivity index (χ0v) is 21.3. The summed E-state index contributed by atoms with van der Waals surface area (Å²) in [5.41, 5.74) is 2.11. The molecule has 6 heteroatoms. The Kier molecular flexibility index (Phi) is 12.6. The topological polar surface area (TPSA) is 58.2 Å². The summed E-state index contributed by atoms with van der Waals surface area (Å²) in [6.07, 6.45) is 5.00. The van der Waals surface area contributed by atoms with E-state index < -0.39 is 16.1 Å². The van der Waals surface area contributed by atoms with Crippen molar-refractivity contribution in [2.75, 3.05) is 13.1 Å². The number of unbranched alkanes of at least 4 members (excludes halogenated alkanes) is 3. The van der Waals surface area contributed by atoms with Crippen LogP contribution in [0.4, 0.5) is 0 Å². The summed E-state index contributed by atoms with van der Waals surface area (Å²) >= 11 is 0. The van der Waals surface area contributed by atoms with Gasteiger partial charge in [0.1, 0.15) is 0 Å². The molecule has 0 fully saturated rings. The first-order chi connectivity index (χ1) is 12.8. The summed E-state index contributed by atoms with van der Waals surface area (Å²) in [6.45, 7) is 23.3. The van der Waals surface area contributed by atoms with E-state index in [0.717, 1.165) is 62.0 Å². The predicted octanol–water partition coefficient (Wildman–Crippen LogP) is 5.35. The Balaban J connectivity index is 3.64. The molecule has 4 nitrogen and oxygen atoms in total. The molecule has 0 bridgehead atoms. The first-order valence-corrected chi connectivity index (χ1v) is 18.1. The SMILES string of the molecule is C=C(CC(=O)NCCCCCCNC(=O)CC(=C)C[Si](C)(C)C)C[Si](C)(C)C. The lowest BCUT2D eigenvalue weighted by Gasteiger charge is -2.17. The van der Waals surface area contributed by atoms with Crippen LogP contribution in [0.15, 0.2) is 24.3 Å². The summed E-state index contributed by atoms with van der Waals surface area (Å²) in [5, 5.41) is 5.98. The second kappa shape index (κ2) is 13.1. The zero-order chi connectivity index (χ0) is 21.8. The van der Waals surface area contributed by atoms with Gasteiger partial charge in [-0.2, -0.15) is 0 Å². The van der Waals surface area contributed by atoms with E-state index in [2.05, 4.69) is 63.1 Å². The van der Waals surface area contributed by atoms with Crippen molar-refractivity contribution in [1.29, 1.82) is 0 Å². The van der Waals surface area contributed by atoms with Crippen molar-refractivity contribution in [3.8, 4) is 0 Å². The van der Waals surface area contributed by atoms with Gasteiger partial charge in [-0.1, -0.05) is 76.4 Å². The van der Waals surface area contributed by atoms with E-state index in [1.54, 1.807) is 0 Å². The second-order valence-corrected chi connectivity index (χ2v) is 21.4. The van der Waals surface area contributed by atoms with Crippen molar-refractivity contribution >= 4 is 28.0 Å². The number of hydrogen-bond donors (Lipinski definition) is 2. The highest BCUT2D eigenvalue weighted by atomic mass is 28.3. The van der Waals surface area contributed by atoms with Crippen molar-refractivity contribution < 1.29 is 9.59 Å². The molecule has 2 amide bonds. The van der Waals surface area contributed by atoms with Gasteiger partial charge in [-0.25, -0.2) is 0 Å². The van der Waals surface area contributed by atoms with Gasteiger partial charge in [0.05, 0.1) is 0 Å². The highest BCUT2D eigenvalue weighted by Gasteiger charge is 2.16. The lowest BCUT2D eigenvalue weighted by Crippen LogP contribution is -2.27. The molecule has 0 aliphatic heterocycles. The number of hydrogen-bond acceptors (Lipinski definition) is 2. The van der Waals surface area contributed by atoms with Gasteiger partial charge in [0, 0.05) is 42.1 Å². The van der Waals surface area contributed by atoms with Crippen LogP contribution in [-0.2, 0) is 9.59 Å². The largest absolute Gasteiger partial charge is 0.356 e. The molecule has 0 heterocycles. The van der Waals surface area contributed by atoms with Crippen molar-refractivity contribution in [2.24, 2.45) is 0 Å². The molecule has 0 saturated carbocycles. The molecule has 0 atom stereocenters. The molecular weight excluding hydrogens is 380 g/mol. The number of nitrogens with one attached hydrogen (secondary N) is 2. The minimum Gasteiger partial charge on any atom is -0.356 e. The summed E-state index contributed by atoms with van der Waals surface area (Å²) < 4.78 is 0. The van der Waals surface area contributed by atoms with Crippen LogP contribution in [-0.4, -0.2) is 41.1 Å². The van der Waals surface area contributed by atoms with Gasteiger partial charge >= 0.3 is 0 Å². The first kappa shape index (κ1) is 26.9. The van der Waals surface area contributed by atoms with Crippen LogP contribution in [0.1, 0.15) is 38.5 Å². The van der Waals surface area contributed by atoms with Crippen LogP contribution < -0.4 is 10.6 Å². The third-order valence-electron chi connectivity index (χ3n) is 4.13. The fourth-order valence-corrected chi connectivity index (χ4v) is 6.51. The average Bonchev–Trinajstić information content (AvgIpc) is 2.45. The average molecular weight is 425 g/mol. The fourth-order valence-electron chi connectivity index (χ4n) is 3.26. The Labute approximate surface area is 175 Å². The maximum atomic E-state index is 11.9. The van der Waals surface area contributed by atoms with E-state index in [1.165, 1.54) is 0 Å². The molecular formula is C22H44N2O2Si2. The number of carbonyl (C=O) groups excluding carboxylic acids is 2. The van der Waals surface area contributed by atoms with Crippen LogP contribution in [0.5, 0.6) is 0 Å². The van der Waals surface area contributed by atoms with Crippen molar-refractivity contribution in [3.05, 3.63) is 24.3 Å². The van der Waals surface area contributed by atoms with E-state index in [4.69, 9.17) is 0 Å². The van der Waals surface area contributed by atoms with Gasteiger partial charge in [0.2, 0.25) is 11.8 Å². The Morgan fingerprint density at radius 2 is 0.964 bits per heavy atom. The van der Waals surface area contributed by atoms with E-state index in [0.29, 0.717) is 12.8 Å². The molecule has 0 aromatic heterocycles. The van der Waals surface area contributed by atoms with Crippen LogP contribution in [0, 0.1) is 0 Å². The van der Waals surface area contributed by atoms with Crippen molar-refractivity contribution in [1.82, 2.24) is 10.6 Å². The summed E-state index contributed by atoms with van der Waals surface area (Å²) in [5.74, 6) is 0.183. The molecule has 0 aliphatic carbocycles. The Morgan fingerprint density at radius 1 is 0.643 bits per heavy atom. The Morgan fingerprint density at radius 3 is 1.25 bits per heavy atom. The highest BCUT2D eigenvalue weighted by Crippen LogP contribution is 2.18. The number of rotatable bonds is 15. The molecule has 2 N–H and O–H groups in total. The van der Waals surface area contributed by atoms with Gasteiger partial charge in [-0.3, -0.25) is 9.59 Å².